The largest absolute Gasteiger partial charge is 0.488 e. The van der Waals surface area contributed by atoms with Crippen molar-refractivity contribution in [2.75, 3.05) is 25.5 Å². The molecule has 4 aromatic rings. The smallest absolute Gasteiger partial charge is 0.269 e. The maximum atomic E-state index is 11.9. The van der Waals surface area contributed by atoms with Crippen molar-refractivity contribution < 1.29 is 4.74 Å². The van der Waals surface area contributed by atoms with E-state index in [0.29, 0.717) is 29.8 Å². The third-order valence-corrected chi connectivity index (χ3v) is 6.01. The highest BCUT2D eigenvalue weighted by atomic mass is 16.5. The van der Waals surface area contributed by atoms with Gasteiger partial charge < -0.3 is 10.1 Å². The number of likely N-dealkylation sites (tertiary alicyclic amines) is 1. The van der Waals surface area contributed by atoms with Gasteiger partial charge in [0.1, 0.15) is 12.3 Å². The van der Waals surface area contributed by atoms with Crippen LogP contribution in [0.5, 0.6) is 5.75 Å². The van der Waals surface area contributed by atoms with Gasteiger partial charge in [0.2, 0.25) is 0 Å². The first-order valence-corrected chi connectivity index (χ1v) is 10.6. The Morgan fingerprint density at radius 2 is 1.94 bits per heavy atom. The average Bonchev–Trinajstić information content (AvgIpc) is 3.32. The molecule has 0 unspecified atom stereocenters. The number of rotatable bonds is 6. The first-order chi connectivity index (χ1) is 15.4. The van der Waals surface area contributed by atoms with Gasteiger partial charge in [0.05, 0.1) is 11.7 Å². The Labute approximate surface area is 185 Å². The molecule has 4 aromatic heterocycles. The molecule has 1 aliphatic rings. The standard InChI is InChI=1S/C22H26N8O2/c1-14-9-19(25-29(4)22(14)31)24-20-11-17-10-15(5-8-30(17)26-20)21-18(12-23-28(21)3)32-13-16-6-7-27(16)2/h5,8-12,16H,6-7,13H2,1-4H3,(H,24,25,26)/t16-/m1/s1. The number of aromatic nitrogens is 6. The van der Waals surface area contributed by atoms with Gasteiger partial charge in [-0.3, -0.25) is 14.4 Å². The molecule has 10 nitrogen and oxygen atoms in total. The molecule has 0 amide bonds. The van der Waals surface area contributed by atoms with Crippen molar-refractivity contribution in [3.05, 3.63) is 52.6 Å². The predicted octanol–water partition coefficient (Wildman–Crippen LogP) is 1.96. The Balaban J connectivity index is 1.41. The predicted molar refractivity (Wildman–Crippen MR) is 121 cm³/mol. The third-order valence-electron chi connectivity index (χ3n) is 6.01. The summed E-state index contributed by atoms with van der Waals surface area (Å²) in [6.45, 7) is 3.54. The van der Waals surface area contributed by atoms with Gasteiger partial charge in [-0.15, -0.1) is 0 Å². The summed E-state index contributed by atoms with van der Waals surface area (Å²) >= 11 is 0. The number of anilines is 2. The molecule has 1 atom stereocenters. The molecule has 1 saturated heterocycles. The number of hydrogen-bond acceptors (Lipinski definition) is 7. The van der Waals surface area contributed by atoms with E-state index >= 15 is 0 Å². The quantitative estimate of drug-likeness (QED) is 0.496. The van der Waals surface area contributed by atoms with Gasteiger partial charge in [0.25, 0.3) is 5.56 Å². The lowest BCUT2D eigenvalue weighted by Crippen LogP contribution is -2.48. The Bertz CT molecular complexity index is 1330. The fraction of sp³-hybridized carbons (Fsp3) is 0.364. The first kappa shape index (κ1) is 20.3. The zero-order valence-corrected chi connectivity index (χ0v) is 18.6. The Kier molecular flexibility index (Phi) is 4.93. The lowest BCUT2D eigenvalue weighted by Gasteiger charge is -2.37. The summed E-state index contributed by atoms with van der Waals surface area (Å²) in [5.41, 5.74) is 3.34. The van der Waals surface area contributed by atoms with Gasteiger partial charge in [-0.05, 0) is 45.1 Å². The van der Waals surface area contributed by atoms with Crippen molar-refractivity contribution in [3.63, 3.8) is 0 Å². The Morgan fingerprint density at radius 1 is 1.12 bits per heavy atom. The second-order valence-corrected chi connectivity index (χ2v) is 8.30. The molecule has 0 radical (unpaired) electrons. The van der Waals surface area contributed by atoms with Gasteiger partial charge in [-0.25, -0.2) is 9.20 Å². The molecule has 0 saturated carbocycles. The van der Waals surface area contributed by atoms with Crippen LogP contribution in [-0.2, 0) is 14.1 Å². The maximum absolute atomic E-state index is 11.9. The van der Waals surface area contributed by atoms with E-state index in [-0.39, 0.29) is 5.56 Å². The van der Waals surface area contributed by atoms with Crippen LogP contribution < -0.4 is 15.6 Å². The van der Waals surface area contributed by atoms with Crippen molar-refractivity contribution in [1.82, 2.24) is 34.1 Å². The number of aryl methyl sites for hydroxylation is 3. The summed E-state index contributed by atoms with van der Waals surface area (Å²) in [6, 6.07) is 8.17. The Morgan fingerprint density at radius 3 is 2.66 bits per heavy atom. The molecule has 10 heteroatoms. The summed E-state index contributed by atoms with van der Waals surface area (Å²) in [7, 11) is 5.67. The van der Waals surface area contributed by atoms with Crippen molar-refractivity contribution in [1.29, 1.82) is 0 Å². The van der Waals surface area contributed by atoms with Gasteiger partial charge in [0, 0.05) is 43.5 Å². The van der Waals surface area contributed by atoms with Gasteiger partial charge >= 0.3 is 0 Å². The summed E-state index contributed by atoms with van der Waals surface area (Å²) in [5, 5.41) is 16.4. The second-order valence-electron chi connectivity index (χ2n) is 8.30. The number of ether oxygens (including phenoxy) is 1. The van der Waals surface area contributed by atoms with Crippen molar-refractivity contribution in [3.8, 4) is 17.0 Å². The summed E-state index contributed by atoms with van der Waals surface area (Å²) < 4.78 is 11.1. The molecule has 5 rings (SSSR count). The zero-order chi connectivity index (χ0) is 22.4. The van der Waals surface area contributed by atoms with E-state index in [9.17, 15) is 4.79 Å². The van der Waals surface area contributed by atoms with E-state index < -0.39 is 0 Å². The molecular weight excluding hydrogens is 408 g/mol. The summed E-state index contributed by atoms with van der Waals surface area (Å²) in [5.74, 6) is 1.98. The SMILES string of the molecule is Cc1cc(Nc2cc3cc(-c4c(OC[C@H]5CCN5C)cnn4C)ccn3n2)nn(C)c1=O. The van der Waals surface area contributed by atoms with Gasteiger partial charge in [-0.2, -0.15) is 15.3 Å². The molecule has 0 aromatic carbocycles. The molecule has 5 heterocycles. The molecule has 0 aliphatic carbocycles. The third kappa shape index (κ3) is 3.62. The van der Waals surface area contributed by atoms with Crippen molar-refractivity contribution in [2.45, 2.75) is 19.4 Å². The van der Waals surface area contributed by atoms with E-state index in [1.54, 1.807) is 30.8 Å². The minimum absolute atomic E-state index is 0.117. The molecule has 32 heavy (non-hydrogen) atoms. The molecular formula is C22H26N8O2. The van der Waals surface area contributed by atoms with Crippen LogP contribution in [0.4, 0.5) is 11.6 Å². The monoisotopic (exact) mass is 434 g/mol. The fourth-order valence-corrected chi connectivity index (χ4v) is 3.97. The lowest BCUT2D eigenvalue weighted by atomic mass is 10.1. The molecule has 1 fully saturated rings. The van der Waals surface area contributed by atoms with Gasteiger partial charge in [0.15, 0.2) is 17.4 Å². The zero-order valence-electron chi connectivity index (χ0n) is 18.6. The summed E-state index contributed by atoms with van der Waals surface area (Å²) in [6.07, 6.45) is 4.84. The topological polar surface area (TPSA) is 94.5 Å². The lowest BCUT2D eigenvalue weighted by molar-refractivity contribution is 0.0771. The fourth-order valence-electron chi connectivity index (χ4n) is 3.97. The average molecular weight is 435 g/mol. The van der Waals surface area contributed by atoms with Crippen molar-refractivity contribution >= 4 is 17.2 Å². The van der Waals surface area contributed by atoms with E-state index in [1.165, 1.54) is 4.68 Å². The van der Waals surface area contributed by atoms with Crippen LogP contribution in [0, 0.1) is 6.92 Å². The molecule has 0 bridgehead atoms. The van der Waals surface area contributed by atoms with Crippen LogP contribution in [0.1, 0.15) is 12.0 Å². The molecule has 1 N–H and O–H groups in total. The summed E-state index contributed by atoms with van der Waals surface area (Å²) in [4.78, 5) is 14.2. The number of likely N-dealkylation sites (N-methyl/N-ethyl adjacent to an activating group) is 1. The molecule has 166 valence electrons. The van der Waals surface area contributed by atoms with Crippen LogP contribution in [0.2, 0.25) is 0 Å². The van der Waals surface area contributed by atoms with Crippen LogP contribution in [0.15, 0.2) is 41.5 Å². The highest BCUT2D eigenvalue weighted by Gasteiger charge is 2.25. The van der Waals surface area contributed by atoms with Crippen LogP contribution >= 0.6 is 0 Å². The van der Waals surface area contributed by atoms with Crippen LogP contribution in [0.25, 0.3) is 16.8 Å². The van der Waals surface area contributed by atoms with E-state index in [0.717, 1.165) is 35.5 Å². The van der Waals surface area contributed by atoms with Crippen LogP contribution in [0.3, 0.4) is 0 Å². The normalized spacial score (nSPS) is 16.3. The van der Waals surface area contributed by atoms with E-state index in [1.807, 2.05) is 30.1 Å². The number of pyridine rings is 1. The minimum atomic E-state index is -0.117. The second kappa shape index (κ2) is 7.79. The van der Waals surface area contributed by atoms with Crippen LogP contribution in [-0.4, -0.2) is 60.3 Å². The molecule has 0 spiro atoms. The van der Waals surface area contributed by atoms with Crippen molar-refractivity contribution in [2.24, 2.45) is 14.1 Å². The highest BCUT2D eigenvalue weighted by molar-refractivity contribution is 5.72. The number of nitrogens with one attached hydrogen (secondary N) is 1. The number of nitrogens with zero attached hydrogens (tertiary/aromatic N) is 7. The minimum Gasteiger partial charge on any atom is -0.488 e. The van der Waals surface area contributed by atoms with E-state index in [2.05, 4.69) is 38.6 Å². The maximum Gasteiger partial charge on any atom is 0.269 e. The molecule has 1 aliphatic heterocycles. The van der Waals surface area contributed by atoms with E-state index in [4.69, 9.17) is 4.74 Å². The van der Waals surface area contributed by atoms with Gasteiger partial charge in [-0.1, -0.05) is 0 Å². The first-order valence-electron chi connectivity index (χ1n) is 10.6. The number of hydrogen-bond donors (Lipinski definition) is 1. The highest BCUT2D eigenvalue weighted by Crippen LogP contribution is 2.31. The Hall–Kier alpha value is -3.66. The number of fused-ring (bicyclic) bond motifs is 1.